The van der Waals surface area contributed by atoms with E-state index in [1.165, 1.54) is 18.9 Å². The number of benzene rings is 1. The highest BCUT2D eigenvalue weighted by Crippen LogP contribution is 2.23. The average Bonchev–Trinajstić information content (AvgIpc) is 3.25. The van der Waals surface area contributed by atoms with Gasteiger partial charge in [0.05, 0.1) is 0 Å². The number of nitrogens with one attached hydrogen (secondary N) is 1. The van der Waals surface area contributed by atoms with E-state index in [1.54, 1.807) is 0 Å². The first-order chi connectivity index (χ1) is 10.0. The van der Waals surface area contributed by atoms with Gasteiger partial charge in [-0.25, -0.2) is 18.7 Å². The second kappa shape index (κ2) is 5.48. The minimum absolute atomic E-state index is 0.430. The number of rotatable bonds is 4. The zero-order valence-corrected chi connectivity index (χ0v) is 12.1. The monoisotopic (exact) mass is 289 g/mol. The SMILES string of the molecule is Cc1nc(-c2ccc(F)c(F)c2)nc(C)c1CNC1CC1. The van der Waals surface area contributed by atoms with Crippen molar-refractivity contribution in [3.63, 3.8) is 0 Å². The van der Waals surface area contributed by atoms with E-state index in [-0.39, 0.29) is 0 Å². The molecule has 1 aromatic carbocycles. The Morgan fingerprint density at radius 3 is 2.33 bits per heavy atom. The van der Waals surface area contributed by atoms with Gasteiger partial charge in [-0.3, -0.25) is 0 Å². The molecule has 0 radical (unpaired) electrons. The Kier molecular flexibility index (Phi) is 3.68. The summed E-state index contributed by atoms with van der Waals surface area (Å²) in [5, 5.41) is 3.44. The second-order valence-corrected chi connectivity index (χ2v) is 5.48. The van der Waals surface area contributed by atoms with Crippen LogP contribution in [0.5, 0.6) is 0 Å². The van der Waals surface area contributed by atoms with E-state index in [4.69, 9.17) is 0 Å². The van der Waals surface area contributed by atoms with Gasteiger partial charge in [0.15, 0.2) is 17.5 Å². The number of hydrogen-bond acceptors (Lipinski definition) is 3. The first kappa shape index (κ1) is 14.1. The van der Waals surface area contributed by atoms with Gasteiger partial charge in [-0.15, -0.1) is 0 Å². The van der Waals surface area contributed by atoms with Crippen LogP contribution in [0, 0.1) is 25.5 Å². The molecule has 0 spiro atoms. The molecule has 21 heavy (non-hydrogen) atoms. The molecule has 1 saturated carbocycles. The highest BCUT2D eigenvalue weighted by atomic mass is 19.2. The zero-order chi connectivity index (χ0) is 15.0. The maximum Gasteiger partial charge on any atom is 0.159 e. The molecule has 0 aliphatic heterocycles. The molecular formula is C16H17F2N3. The van der Waals surface area contributed by atoms with Gasteiger partial charge < -0.3 is 5.32 Å². The Morgan fingerprint density at radius 2 is 1.76 bits per heavy atom. The number of hydrogen-bond donors (Lipinski definition) is 1. The van der Waals surface area contributed by atoms with Gasteiger partial charge in [0.2, 0.25) is 0 Å². The van der Waals surface area contributed by atoms with Crippen LogP contribution in [-0.4, -0.2) is 16.0 Å². The summed E-state index contributed by atoms with van der Waals surface area (Å²) in [6, 6.07) is 4.34. The van der Waals surface area contributed by atoms with Gasteiger partial charge in [-0.1, -0.05) is 0 Å². The molecule has 1 fully saturated rings. The summed E-state index contributed by atoms with van der Waals surface area (Å²) in [6.07, 6.45) is 2.46. The van der Waals surface area contributed by atoms with E-state index in [0.717, 1.165) is 35.6 Å². The average molecular weight is 289 g/mol. The molecule has 2 aromatic rings. The van der Waals surface area contributed by atoms with Crippen LogP contribution in [0.3, 0.4) is 0 Å². The first-order valence-corrected chi connectivity index (χ1v) is 7.07. The van der Waals surface area contributed by atoms with Gasteiger partial charge in [-0.2, -0.15) is 0 Å². The third-order valence-electron chi connectivity index (χ3n) is 3.74. The van der Waals surface area contributed by atoms with Crippen LogP contribution in [0.15, 0.2) is 18.2 Å². The molecule has 1 aromatic heterocycles. The third kappa shape index (κ3) is 3.08. The summed E-state index contributed by atoms with van der Waals surface area (Å²) >= 11 is 0. The van der Waals surface area contributed by atoms with Crippen LogP contribution in [0.2, 0.25) is 0 Å². The lowest BCUT2D eigenvalue weighted by atomic mass is 10.1. The fraction of sp³-hybridized carbons (Fsp3) is 0.375. The van der Waals surface area contributed by atoms with Gasteiger partial charge >= 0.3 is 0 Å². The predicted molar refractivity (Wildman–Crippen MR) is 76.7 cm³/mol. The third-order valence-corrected chi connectivity index (χ3v) is 3.74. The van der Waals surface area contributed by atoms with E-state index in [2.05, 4.69) is 15.3 Å². The van der Waals surface area contributed by atoms with E-state index in [9.17, 15) is 8.78 Å². The van der Waals surface area contributed by atoms with E-state index < -0.39 is 11.6 Å². The topological polar surface area (TPSA) is 37.8 Å². The quantitative estimate of drug-likeness (QED) is 0.938. The minimum atomic E-state index is -0.883. The Balaban J connectivity index is 1.90. The van der Waals surface area contributed by atoms with Crippen LogP contribution in [0.1, 0.15) is 29.8 Å². The molecule has 0 atom stereocenters. The van der Waals surface area contributed by atoms with Gasteiger partial charge in [-0.05, 0) is 44.9 Å². The van der Waals surface area contributed by atoms with Crippen LogP contribution in [0.25, 0.3) is 11.4 Å². The number of aromatic nitrogens is 2. The van der Waals surface area contributed by atoms with Crippen molar-refractivity contribution in [1.82, 2.24) is 15.3 Å². The summed E-state index contributed by atoms with van der Waals surface area (Å²) < 4.78 is 26.3. The molecule has 5 heteroatoms. The summed E-state index contributed by atoms with van der Waals surface area (Å²) in [5.74, 6) is -1.32. The molecule has 1 aliphatic rings. The Labute approximate surface area is 122 Å². The molecule has 1 heterocycles. The number of aryl methyl sites for hydroxylation is 2. The van der Waals surface area contributed by atoms with Crippen LogP contribution in [-0.2, 0) is 6.54 Å². The van der Waals surface area contributed by atoms with Crippen molar-refractivity contribution in [3.05, 3.63) is 46.8 Å². The Hall–Kier alpha value is -1.88. The lowest BCUT2D eigenvalue weighted by molar-refractivity contribution is 0.509. The Bertz CT molecular complexity index is 658. The summed E-state index contributed by atoms with van der Waals surface area (Å²) in [6.45, 7) is 4.59. The van der Waals surface area contributed by atoms with Gasteiger partial charge in [0.1, 0.15) is 0 Å². The van der Waals surface area contributed by atoms with Crippen molar-refractivity contribution in [1.29, 1.82) is 0 Å². The fourth-order valence-corrected chi connectivity index (χ4v) is 2.29. The molecule has 3 rings (SSSR count). The molecule has 1 aliphatic carbocycles. The summed E-state index contributed by atoms with van der Waals surface area (Å²) in [5.41, 5.74) is 3.31. The van der Waals surface area contributed by atoms with Crippen LogP contribution >= 0.6 is 0 Å². The number of halogens is 2. The standard InChI is InChI=1S/C16H17F2N3/c1-9-13(8-19-12-4-5-12)10(2)21-16(20-9)11-3-6-14(17)15(18)7-11/h3,6-7,12,19H,4-5,8H2,1-2H3. The van der Waals surface area contributed by atoms with Crippen LogP contribution < -0.4 is 5.32 Å². The lowest BCUT2D eigenvalue weighted by Crippen LogP contribution is -2.18. The normalized spacial score (nSPS) is 14.5. The molecule has 0 amide bonds. The lowest BCUT2D eigenvalue weighted by Gasteiger charge is -2.11. The van der Waals surface area contributed by atoms with Crippen molar-refractivity contribution in [2.24, 2.45) is 0 Å². The first-order valence-electron chi connectivity index (χ1n) is 7.07. The van der Waals surface area contributed by atoms with Crippen molar-refractivity contribution >= 4 is 0 Å². The second-order valence-electron chi connectivity index (χ2n) is 5.48. The molecule has 110 valence electrons. The molecule has 0 bridgehead atoms. The minimum Gasteiger partial charge on any atom is -0.310 e. The highest BCUT2D eigenvalue weighted by Gasteiger charge is 2.21. The van der Waals surface area contributed by atoms with Crippen molar-refractivity contribution in [2.45, 2.75) is 39.3 Å². The molecule has 0 saturated heterocycles. The zero-order valence-electron chi connectivity index (χ0n) is 12.1. The molecular weight excluding hydrogens is 272 g/mol. The van der Waals surface area contributed by atoms with Crippen LogP contribution in [0.4, 0.5) is 8.78 Å². The summed E-state index contributed by atoms with van der Waals surface area (Å²) in [7, 11) is 0. The number of nitrogens with zero attached hydrogens (tertiary/aromatic N) is 2. The van der Waals surface area contributed by atoms with Crippen molar-refractivity contribution < 1.29 is 8.78 Å². The Morgan fingerprint density at radius 1 is 1.10 bits per heavy atom. The largest absolute Gasteiger partial charge is 0.310 e. The maximum atomic E-state index is 13.3. The molecule has 1 N–H and O–H groups in total. The maximum absolute atomic E-state index is 13.3. The van der Waals surface area contributed by atoms with E-state index in [1.807, 2.05) is 13.8 Å². The highest BCUT2D eigenvalue weighted by molar-refractivity contribution is 5.55. The smallest absolute Gasteiger partial charge is 0.159 e. The molecule has 0 unspecified atom stereocenters. The van der Waals surface area contributed by atoms with E-state index in [0.29, 0.717) is 17.4 Å². The predicted octanol–water partition coefficient (Wildman–Crippen LogP) is 3.29. The molecule has 3 nitrogen and oxygen atoms in total. The summed E-state index contributed by atoms with van der Waals surface area (Å²) in [4.78, 5) is 8.87. The van der Waals surface area contributed by atoms with Crippen molar-refractivity contribution in [2.75, 3.05) is 0 Å². The van der Waals surface area contributed by atoms with E-state index >= 15 is 0 Å². The van der Waals surface area contributed by atoms with Gasteiger partial charge in [0, 0.05) is 35.1 Å². The van der Waals surface area contributed by atoms with Crippen molar-refractivity contribution in [3.8, 4) is 11.4 Å². The van der Waals surface area contributed by atoms with Gasteiger partial charge in [0.25, 0.3) is 0 Å². The fourth-order valence-electron chi connectivity index (χ4n) is 2.29.